The van der Waals surface area contributed by atoms with Crippen LogP contribution in [-0.4, -0.2) is 10.6 Å². The first-order valence-corrected chi connectivity index (χ1v) is 6.38. The fourth-order valence-electron chi connectivity index (χ4n) is 2.66. The standard InChI is InChI=1S/C14H13ClN2O/c1-17-6-3-11-12(15)7-10(8-13(11)17)14(16-9-18)4-2-5-14/h3,6-8H,2,4-5H2,1H3. The van der Waals surface area contributed by atoms with Gasteiger partial charge in [0.1, 0.15) is 0 Å². The van der Waals surface area contributed by atoms with Crippen molar-refractivity contribution in [3.8, 4) is 0 Å². The highest BCUT2D eigenvalue weighted by molar-refractivity contribution is 6.35. The molecule has 1 saturated carbocycles. The van der Waals surface area contributed by atoms with Crippen LogP contribution in [0.2, 0.25) is 5.02 Å². The van der Waals surface area contributed by atoms with Crippen LogP contribution in [0.3, 0.4) is 0 Å². The number of hydrogen-bond donors (Lipinski definition) is 0. The number of carbonyl (C=O) groups excluding carboxylic acids is 1. The zero-order chi connectivity index (χ0) is 12.8. The summed E-state index contributed by atoms with van der Waals surface area (Å²) in [7, 11) is 1.98. The van der Waals surface area contributed by atoms with E-state index in [0.29, 0.717) is 0 Å². The molecule has 1 aromatic heterocycles. The van der Waals surface area contributed by atoms with Gasteiger partial charge in [0.25, 0.3) is 0 Å². The third-order valence-corrected chi connectivity index (χ3v) is 4.24. The van der Waals surface area contributed by atoms with Crippen molar-refractivity contribution in [2.75, 3.05) is 0 Å². The van der Waals surface area contributed by atoms with Crippen molar-refractivity contribution in [3.05, 3.63) is 35.0 Å². The maximum atomic E-state index is 10.6. The molecular weight excluding hydrogens is 248 g/mol. The van der Waals surface area contributed by atoms with Gasteiger partial charge in [0.05, 0.1) is 10.6 Å². The van der Waals surface area contributed by atoms with Crippen molar-refractivity contribution in [2.45, 2.75) is 24.8 Å². The van der Waals surface area contributed by atoms with Crippen molar-refractivity contribution in [1.82, 2.24) is 4.57 Å². The van der Waals surface area contributed by atoms with Crippen LogP contribution in [-0.2, 0) is 17.4 Å². The largest absolute Gasteiger partial charge is 0.350 e. The highest BCUT2D eigenvalue weighted by Crippen LogP contribution is 2.46. The topological polar surface area (TPSA) is 34.4 Å². The van der Waals surface area contributed by atoms with Gasteiger partial charge >= 0.3 is 0 Å². The second-order valence-corrected chi connectivity index (χ2v) is 5.31. The van der Waals surface area contributed by atoms with E-state index < -0.39 is 0 Å². The maximum Gasteiger partial charge on any atom is 0.235 e. The lowest BCUT2D eigenvalue weighted by molar-refractivity contribution is 0.256. The van der Waals surface area contributed by atoms with Gasteiger partial charge in [0.2, 0.25) is 6.08 Å². The van der Waals surface area contributed by atoms with Gasteiger partial charge in [-0.2, -0.15) is 4.99 Å². The smallest absolute Gasteiger partial charge is 0.235 e. The van der Waals surface area contributed by atoms with E-state index in [4.69, 9.17) is 11.6 Å². The first-order valence-electron chi connectivity index (χ1n) is 6.00. The lowest BCUT2D eigenvalue weighted by atomic mass is 9.72. The van der Waals surface area contributed by atoms with Crippen molar-refractivity contribution < 1.29 is 4.79 Å². The molecule has 0 bridgehead atoms. The molecule has 3 rings (SSSR count). The van der Waals surface area contributed by atoms with Crippen LogP contribution in [0.15, 0.2) is 29.4 Å². The molecule has 0 unspecified atom stereocenters. The van der Waals surface area contributed by atoms with Gasteiger partial charge in [0, 0.05) is 24.1 Å². The Hall–Kier alpha value is -1.57. The summed E-state index contributed by atoms with van der Waals surface area (Å²) < 4.78 is 2.03. The minimum Gasteiger partial charge on any atom is -0.350 e. The highest BCUT2D eigenvalue weighted by atomic mass is 35.5. The number of aryl methyl sites for hydroxylation is 1. The molecule has 0 spiro atoms. The predicted molar refractivity (Wildman–Crippen MR) is 71.6 cm³/mol. The number of aromatic nitrogens is 1. The predicted octanol–water partition coefficient (Wildman–Crippen LogP) is 3.55. The van der Waals surface area contributed by atoms with E-state index in [-0.39, 0.29) is 5.54 Å². The number of nitrogens with zero attached hydrogens (tertiary/aromatic N) is 2. The number of hydrogen-bond acceptors (Lipinski definition) is 2. The fraction of sp³-hybridized carbons (Fsp3) is 0.357. The molecule has 0 atom stereocenters. The molecule has 3 nitrogen and oxygen atoms in total. The van der Waals surface area contributed by atoms with Crippen molar-refractivity contribution in [1.29, 1.82) is 0 Å². The molecule has 0 radical (unpaired) electrons. The summed E-state index contributed by atoms with van der Waals surface area (Å²) in [4.78, 5) is 14.6. The Labute approximate surface area is 110 Å². The van der Waals surface area contributed by atoms with Gasteiger partial charge in [-0.3, -0.25) is 0 Å². The van der Waals surface area contributed by atoms with Crippen LogP contribution >= 0.6 is 11.6 Å². The van der Waals surface area contributed by atoms with Crippen molar-refractivity contribution in [2.24, 2.45) is 12.0 Å². The van der Waals surface area contributed by atoms with Crippen molar-refractivity contribution in [3.63, 3.8) is 0 Å². The van der Waals surface area contributed by atoms with Gasteiger partial charge in [-0.25, -0.2) is 4.79 Å². The molecule has 0 amide bonds. The van der Waals surface area contributed by atoms with Crippen LogP contribution in [0.1, 0.15) is 24.8 Å². The third-order valence-electron chi connectivity index (χ3n) is 3.93. The summed E-state index contributed by atoms with van der Waals surface area (Å²) in [6.45, 7) is 0. The highest BCUT2D eigenvalue weighted by Gasteiger charge is 2.39. The monoisotopic (exact) mass is 260 g/mol. The minimum absolute atomic E-state index is 0.385. The fourth-order valence-corrected chi connectivity index (χ4v) is 2.94. The normalized spacial score (nSPS) is 17.2. The zero-order valence-corrected chi connectivity index (χ0v) is 10.9. The summed E-state index contributed by atoms with van der Waals surface area (Å²) in [6, 6.07) is 6.02. The zero-order valence-electron chi connectivity index (χ0n) is 10.1. The lowest BCUT2D eigenvalue weighted by Crippen LogP contribution is -2.31. The second-order valence-electron chi connectivity index (χ2n) is 4.91. The molecular formula is C14H13ClN2O. The molecule has 1 heterocycles. The summed E-state index contributed by atoms with van der Waals surface area (Å²) in [5.74, 6) is 0. The Balaban J connectivity index is 2.23. The van der Waals surface area contributed by atoms with E-state index in [2.05, 4.69) is 11.1 Å². The molecule has 92 valence electrons. The van der Waals surface area contributed by atoms with Gasteiger partial charge < -0.3 is 4.57 Å². The van der Waals surface area contributed by atoms with E-state index in [1.807, 2.05) is 29.9 Å². The minimum atomic E-state index is -0.385. The van der Waals surface area contributed by atoms with Gasteiger partial charge in [-0.1, -0.05) is 11.6 Å². The number of rotatable bonds is 2. The van der Waals surface area contributed by atoms with Gasteiger partial charge in [-0.05, 0) is 43.0 Å². The number of isocyanates is 1. The number of benzene rings is 1. The average molecular weight is 261 g/mol. The number of fused-ring (bicyclic) bond motifs is 1. The number of halogens is 1. The second kappa shape index (κ2) is 3.98. The van der Waals surface area contributed by atoms with Crippen LogP contribution < -0.4 is 0 Å². The SMILES string of the molecule is Cn1ccc2c(Cl)cc(C3(N=C=O)CCC3)cc21. The van der Waals surface area contributed by atoms with Crippen LogP contribution in [0, 0.1) is 0 Å². The molecule has 1 fully saturated rings. The molecule has 1 aromatic carbocycles. The van der Waals surface area contributed by atoms with Gasteiger partial charge in [-0.15, -0.1) is 0 Å². The van der Waals surface area contributed by atoms with Crippen LogP contribution in [0.5, 0.6) is 0 Å². The summed E-state index contributed by atoms with van der Waals surface area (Å²) in [5.41, 5.74) is 1.71. The van der Waals surface area contributed by atoms with E-state index in [0.717, 1.165) is 40.8 Å². The maximum absolute atomic E-state index is 10.6. The first kappa shape index (κ1) is 11.5. The quantitative estimate of drug-likeness (QED) is 0.601. The van der Waals surface area contributed by atoms with Gasteiger partial charge in [0.15, 0.2) is 0 Å². The summed E-state index contributed by atoms with van der Waals surface area (Å²) >= 11 is 6.31. The Morgan fingerprint density at radius 2 is 2.22 bits per heavy atom. The van der Waals surface area contributed by atoms with Crippen LogP contribution in [0.4, 0.5) is 0 Å². The average Bonchev–Trinajstić information content (AvgIpc) is 2.66. The molecule has 0 N–H and O–H groups in total. The molecule has 2 aromatic rings. The van der Waals surface area contributed by atoms with Crippen LogP contribution in [0.25, 0.3) is 10.9 Å². The molecule has 4 heteroatoms. The molecule has 1 aliphatic carbocycles. The van der Waals surface area contributed by atoms with E-state index in [9.17, 15) is 4.79 Å². The Bertz CT molecular complexity index is 664. The molecule has 0 saturated heterocycles. The molecule has 18 heavy (non-hydrogen) atoms. The third kappa shape index (κ3) is 1.52. The van der Waals surface area contributed by atoms with E-state index in [1.54, 1.807) is 6.08 Å². The molecule has 1 aliphatic rings. The Morgan fingerprint density at radius 3 is 2.83 bits per heavy atom. The first-order chi connectivity index (χ1) is 8.66. The summed E-state index contributed by atoms with van der Waals surface area (Å²) in [6.07, 6.45) is 6.58. The summed E-state index contributed by atoms with van der Waals surface area (Å²) in [5, 5.41) is 1.75. The molecule has 0 aliphatic heterocycles. The number of aliphatic imine (C=N–C) groups is 1. The van der Waals surface area contributed by atoms with E-state index in [1.165, 1.54) is 0 Å². The Morgan fingerprint density at radius 1 is 1.44 bits per heavy atom. The Kier molecular flexibility index (Phi) is 2.54. The van der Waals surface area contributed by atoms with Crippen molar-refractivity contribution >= 4 is 28.6 Å². The lowest BCUT2D eigenvalue weighted by Gasteiger charge is -2.37. The van der Waals surface area contributed by atoms with E-state index >= 15 is 0 Å².